The molecule has 2 aliphatic carbocycles. The SMILES string of the molecule is C=C1CC(C)(C)CC(C)=C1[C@](C)(C1=C(CC(C)(C)C)[CH]C=CC=C1C)c1ccccc1.CC. The van der Waals surface area contributed by atoms with Gasteiger partial charge in [-0.15, -0.1) is 0 Å². The molecule has 0 heteroatoms. The van der Waals surface area contributed by atoms with E-state index in [1.807, 2.05) is 13.8 Å². The van der Waals surface area contributed by atoms with Crippen LogP contribution in [-0.4, -0.2) is 0 Å². The van der Waals surface area contributed by atoms with Crippen LogP contribution in [-0.2, 0) is 5.41 Å². The molecular formula is C33H47. The molecule has 1 aromatic carbocycles. The van der Waals surface area contributed by atoms with Crippen molar-refractivity contribution >= 4 is 0 Å². The summed E-state index contributed by atoms with van der Waals surface area (Å²) in [6.07, 6.45) is 12.3. The zero-order valence-corrected chi connectivity index (χ0v) is 23.0. The number of rotatable bonds is 4. The first-order valence-electron chi connectivity index (χ1n) is 12.7. The maximum Gasteiger partial charge on any atom is 0.0427 e. The van der Waals surface area contributed by atoms with Gasteiger partial charge in [0.2, 0.25) is 0 Å². The van der Waals surface area contributed by atoms with Gasteiger partial charge in [-0.2, -0.15) is 0 Å². The fourth-order valence-corrected chi connectivity index (χ4v) is 6.03. The zero-order chi connectivity index (χ0) is 25.0. The van der Waals surface area contributed by atoms with Crippen molar-refractivity contribution in [2.75, 3.05) is 0 Å². The summed E-state index contributed by atoms with van der Waals surface area (Å²) in [5.41, 5.74) is 10.1. The van der Waals surface area contributed by atoms with Crippen molar-refractivity contribution in [1.29, 1.82) is 0 Å². The zero-order valence-electron chi connectivity index (χ0n) is 23.0. The predicted molar refractivity (Wildman–Crippen MR) is 148 cm³/mol. The standard InChI is InChI=1S/C31H41.C2H6/c1-22-15-13-14-16-25(21-29(4,5)6)28(22)31(9,26-17-11-10-12-18-26)27-23(2)19-30(7,8)20-24(27)3;1-2/h10-18H,2,19-21H2,1,3-9H3;1-2H3/t31-;/m1./s1. The summed E-state index contributed by atoms with van der Waals surface area (Å²) in [5.74, 6) is 0. The van der Waals surface area contributed by atoms with E-state index in [9.17, 15) is 0 Å². The molecule has 0 nitrogen and oxygen atoms in total. The van der Waals surface area contributed by atoms with Crippen molar-refractivity contribution in [3.05, 3.63) is 101 Å². The second-order valence-corrected chi connectivity index (χ2v) is 11.8. The Balaban J connectivity index is 0.00000187. The highest BCUT2D eigenvalue weighted by molar-refractivity contribution is 5.63. The maximum absolute atomic E-state index is 4.65. The van der Waals surface area contributed by atoms with E-state index in [-0.39, 0.29) is 16.2 Å². The number of hydrogen-bond donors (Lipinski definition) is 0. The minimum absolute atomic E-state index is 0.210. The van der Waals surface area contributed by atoms with Gasteiger partial charge >= 0.3 is 0 Å². The molecule has 0 saturated heterocycles. The molecule has 0 unspecified atom stereocenters. The summed E-state index contributed by atoms with van der Waals surface area (Å²) in [5, 5.41) is 0. The van der Waals surface area contributed by atoms with Crippen LogP contribution in [0, 0.1) is 17.3 Å². The van der Waals surface area contributed by atoms with Crippen LogP contribution in [0.5, 0.6) is 0 Å². The van der Waals surface area contributed by atoms with E-state index >= 15 is 0 Å². The topological polar surface area (TPSA) is 0 Å². The van der Waals surface area contributed by atoms with Crippen LogP contribution in [0.2, 0.25) is 0 Å². The highest BCUT2D eigenvalue weighted by Gasteiger charge is 2.43. The van der Waals surface area contributed by atoms with Crippen LogP contribution in [0.4, 0.5) is 0 Å². The molecule has 1 radical (unpaired) electrons. The van der Waals surface area contributed by atoms with E-state index in [1.165, 1.54) is 39.0 Å². The highest BCUT2D eigenvalue weighted by Crippen LogP contribution is 2.54. The minimum Gasteiger partial charge on any atom is -0.0955 e. The van der Waals surface area contributed by atoms with Crippen LogP contribution in [0.25, 0.3) is 0 Å². The summed E-state index contributed by atoms with van der Waals surface area (Å²) in [4.78, 5) is 0. The molecule has 1 aromatic rings. The molecular weight excluding hydrogens is 396 g/mol. The fourth-order valence-electron chi connectivity index (χ4n) is 6.03. The molecule has 0 saturated carbocycles. The lowest BCUT2D eigenvalue weighted by molar-refractivity contribution is 0.340. The lowest BCUT2D eigenvalue weighted by Gasteiger charge is -2.45. The van der Waals surface area contributed by atoms with E-state index in [2.05, 4.69) is 117 Å². The molecule has 179 valence electrons. The van der Waals surface area contributed by atoms with Gasteiger partial charge in [0.25, 0.3) is 0 Å². The van der Waals surface area contributed by atoms with E-state index in [4.69, 9.17) is 0 Å². The first kappa shape index (κ1) is 27.2. The molecule has 0 spiro atoms. The smallest absolute Gasteiger partial charge is 0.0427 e. The van der Waals surface area contributed by atoms with Gasteiger partial charge < -0.3 is 0 Å². The molecule has 0 amide bonds. The Labute approximate surface area is 205 Å². The first-order valence-corrected chi connectivity index (χ1v) is 12.7. The summed E-state index contributed by atoms with van der Waals surface area (Å²) in [6, 6.07) is 11.1. The molecule has 0 aromatic heterocycles. The van der Waals surface area contributed by atoms with Gasteiger partial charge in [0.1, 0.15) is 0 Å². The average molecular weight is 444 g/mol. The Hall–Kier alpha value is -2.08. The van der Waals surface area contributed by atoms with Gasteiger partial charge in [0.15, 0.2) is 0 Å². The summed E-state index contributed by atoms with van der Waals surface area (Å²) < 4.78 is 0. The van der Waals surface area contributed by atoms with Crippen molar-refractivity contribution in [3.63, 3.8) is 0 Å². The monoisotopic (exact) mass is 443 g/mol. The molecule has 0 aliphatic heterocycles. The van der Waals surface area contributed by atoms with Gasteiger partial charge in [-0.3, -0.25) is 0 Å². The third-order valence-electron chi connectivity index (χ3n) is 6.76. The molecule has 33 heavy (non-hydrogen) atoms. The predicted octanol–water partition coefficient (Wildman–Crippen LogP) is 10.1. The van der Waals surface area contributed by atoms with Crippen LogP contribution in [0.1, 0.15) is 94.1 Å². The van der Waals surface area contributed by atoms with E-state index in [1.54, 1.807) is 0 Å². The number of allylic oxidation sites excluding steroid dienone is 9. The van der Waals surface area contributed by atoms with Crippen molar-refractivity contribution in [2.24, 2.45) is 10.8 Å². The quantitative estimate of drug-likeness (QED) is 0.434. The normalized spacial score (nSPS) is 20.5. The Bertz CT molecular complexity index is 967. The van der Waals surface area contributed by atoms with Crippen LogP contribution in [0.3, 0.4) is 0 Å². The largest absolute Gasteiger partial charge is 0.0955 e. The summed E-state index contributed by atoms with van der Waals surface area (Å²) in [7, 11) is 0. The minimum atomic E-state index is -0.234. The van der Waals surface area contributed by atoms with Crippen molar-refractivity contribution < 1.29 is 0 Å². The lowest BCUT2D eigenvalue weighted by atomic mass is 9.58. The van der Waals surface area contributed by atoms with Gasteiger partial charge in [-0.25, -0.2) is 0 Å². The van der Waals surface area contributed by atoms with E-state index in [0.717, 1.165) is 19.3 Å². The van der Waals surface area contributed by atoms with Crippen molar-refractivity contribution in [2.45, 2.75) is 93.9 Å². The van der Waals surface area contributed by atoms with Gasteiger partial charge in [0.05, 0.1) is 0 Å². The van der Waals surface area contributed by atoms with E-state index in [0.29, 0.717) is 0 Å². The molecule has 0 fully saturated rings. The second kappa shape index (κ2) is 10.5. The number of benzene rings is 1. The Kier molecular flexibility index (Phi) is 8.61. The van der Waals surface area contributed by atoms with Crippen molar-refractivity contribution in [3.8, 4) is 0 Å². The van der Waals surface area contributed by atoms with Gasteiger partial charge in [-0.1, -0.05) is 120 Å². The average Bonchev–Trinajstić information content (AvgIpc) is 2.88. The lowest BCUT2D eigenvalue weighted by Crippen LogP contribution is -2.35. The Morgan fingerprint density at radius 2 is 1.48 bits per heavy atom. The molecule has 0 bridgehead atoms. The Morgan fingerprint density at radius 3 is 2.03 bits per heavy atom. The Morgan fingerprint density at radius 1 is 0.879 bits per heavy atom. The summed E-state index contributed by atoms with van der Waals surface area (Å²) in [6.45, 7) is 27.5. The molecule has 0 N–H and O–H groups in total. The molecule has 2 aliphatic rings. The van der Waals surface area contributed by atoms with Crippen LogP contribution in [0.15, 0.2) is 88.6 Å². The molecule has 0 heterocycles. The van der Waals surface area contributed by atoms with Crippen molar-refractivity contribution in [1.82, 2.24) is 0 Å². The molecule has 3 rings (SSSR count). The third-order valence-corrected chi connectivity index (χ3v) is 6.76. The van der Waals surface area contributed by atoms with Crippen LogP contribution >= 0.6 is 0 Å². The van der Waals surface area contributed by atoms with Crippen LogP contribution < -0.4 is 0 Å². The first-order chi connectivity index (χ1) is 15.3. The highest BCUT2D eigenvalue weighted by atomic mass is 14.5. The fraction of sp³-hybridized carbons (Fsp3) is 0.485. The van der Waals surface area contributed by atoms with Gasteiger partial charge in [0, 0.05) is 11.8 Å². The maximum atomic E-state index is 4.65. The van der Waals surface area contributed by atoms with E-state index < -0.39 is 0 Å². The third kappa shape index (κ3) is 6.08. The van der Waals surface area contributed by atoms with Gasteiger partial charge in [-0.05, 0) is 73.1 Å². The molecule has 1 atom stereocenters. The summed E-state index contributed by atoms with van der Waals surface area (Å²) >= 11 is 0. The number of hydrogen-bond acceptors (Lipinski definition) is 0. The second-order valence-electron chi connectivity index (χ2n) is 11.8.